The molecule has 3 heterocycles. The van der Waals surface area contributed by atoms with Crippen LogP contribution in [-0.2, 0) is 19.4 Å². The minimum absolute atomic E-state index is 0.0580. The molecule has 0 atom stereocenters. The van der Waals surface area contributed by atoms with Crippen LogP contribution in [0, 0.1) is 6.92 Å². The zero-order valence-corrected chi connectivity index (χ0v) is 22.1. The molecule has 0 unspecified atom stereocenters. The van der Waals surface area contributed by atoms with Crippen LogP contribution in [0.5, 0.6) is 17.2 Å². The predicted octanol–water partition coefficient (Wildman–Crippen LogP) is 6.09. The molecule has 0 aliphatic carbocycles. The van der Waals surface area contributed by atoms with Crippen molar-refractivity contribution in [2.24, 2.45) is 0 Å². The highest BCUT2D eigenvalue weighted by Gasteiger charge is 2.22. The van der Waals surface area contributed by atoms with Gasteiger partial charge in [-0.1, -0.05) is 6.92 Å². The van der Waals surface area contributed by atoms with E-state index in [0.717, 1.165) is 62.7 Å². The van der Waals surface area contributed by atoms with Gasteiger partial charge in [-0.3, -0.25) is 9.78 Å². The fourth-order valence-electron chi connectivity index (χ4n) is 5.78. The Kier molecular flexibility index (Phi) is 6.03. The molecule has 0 N–H and O–H groups in total. The Morgan fingerprint density at radius 1 is 1.00 bits per heavy atom. The molecule has 0 bridgehead atoms. The zero-order chi connectivity index (χ0) is 26.4. The number of aromatic nitrogens is 2. The maximum atomic E-state index is 13.3. The van der Waals surface area contributed by atoms with Crippen molar-refractivity contribution in [3.8, 4) is 28.4 Å². The van der Waals surface area contributed by atoms with E-state index in [1.54, 1.807) is 20.3 Å². The van der Waals surface area contributed by atoms with Crippen LogP contribution in [0.4, 0.5) is 0 Å². The third-order valence-corrected chi connectivity index (χ3v) is 7.57. The monoisotopic (exact) mass is 506 g/mol. The van der Waals surface area contributed by atoms with Crippen LogP contribution >= 0.6 is 0 Å². The van der Waals surface area contributed by atoms with E-state index in [-0.39, 0.29) is 5.56 Å². The lowest BCUT2D eigenvalue weighted by Crippen LogP contribution is -2.20. The molecule has 0 amide bonds. The molecule has 192 valence electrons. The smallest absolute Gasteiger partial charge is 0.251 e. The molecule has 38 heavy (non-hydrogen) atoms. The summed E-state index contributed by atoms with van der Waals surface area (Å²) in [6.07, 6.45) is 3.63. The molecule has 0 radical (unpaired) electrons. The summed E-state index contributed by atoms with van der Waals surface area (Å²) in [5.41, 5.74) is 8.55. The summed E-state index contributed by atoms with van der Waals surface area (Å²) in [5, 5.41) is 2.12. The molecule has 3 aromatic carbocycles. The molecular formula is C32H30N2O4. The van der Waals surface area contributed by atoms with Crippen molar-refractivity contribution in [2.45, 2.75) is 33.2 Å². The van der Waals surface area contributed by atoms with Crippen LogP contribution < -0.4 is 19.8 Å². The van der Waals surface area contributed by atoms with E-state index in [4.69, 9.17) is 19.2 Å². The third kappa shape index (κ3) is 3.88. The fourth-order valence-corrected chi connectivity index (χ4v) is 5.78. The first-order valence-electron chi connectivity index (χ1n) is 12.9. The molecule has 6 heteroatoms. The average molecular weight is 507 g/mol. The van der Waals surface area contributed by atoms with Crippen molar-refractivity contribution in [2.75, 3.05) is 20.8 Å². The maximum Gasteiger partial charge on any atom is 0.251 e. The minimum atomic E-state index is -0.0580. The normalized spacial score (nSPS) is 12.5. The van der Waals surface area contributed by atoms with Crippen LogP contribution in [0.2, 0.25) is 0 Å². The van der Waals surface area contributed by atoms with Gasteiger partial charge in [0.05, 0.1) is 38.4 Å². The van der Waals surface area contributed by atoms with E-state index in [1.807, 2.05) is 35.0 Å². The highest BCUT2D eigenvalue weighted by molar-refractivity contribution is 6.07. The van der Waals surface area contributed by atoms with Gasteiger partial charge in [0.2, 0.25) is 0 Å². The standard InChI is InChI=1S/C32H30N2O4/c1-5-24-19(2)14-27-25(7-9-29(35)34(27)18-20-15-22(36-3)17-23(16-20)37-4)31(24)26-6-8-28-30-21(11-13-38-28)10-12-33-32(26)30/h6-10,12,14-17H,5,11,13,18H2,1-4H3. The number of pyridine rings is 2. The number of rotatable bonds is 6. The number of nitrogens with zero attached hydrogens (tertiary/aromatic N) is 2. The van der Waals surface area contributed by atoms with Crippen LogP contribution in [0.15, 0.2) is 65.6 Å². The van der Waals surface area contributed by atoms with Gasteiger partial charge in [0.25, 0.3) is 5.56 Å². The quantitative estimate of drug-likeness (QED) is 0.279. The number of hydrogen-bond donors (Lipinski definition) is 0. The first kappa shape index (κ1) is 24.0. The summed E-state index contributed by atoms with van der Waals surface area (Å²) in [4.78, 5) is 18.1. The molecule has 1 aliphatic heterocycles. The molecule has 0 fully saturated rings. The molecular weight excluding hydrogens is 476 g/mol. The highest BCUT2D eigenvalue weighted by Crippen LogP contribution is 2.42. The summed E-state index contributed by atoms with van der Waals surface area (Å²) in [6, 6.07) is 17.8. The van der Waals surface area contributed by atoms with E-state index >= 15 is 0 Å². The number of ether oxygens (including phenoxy) is 3. The summed E-state index contributed by atoms with van der Waals surface area (Å²) in [6.45, 7) is 5.38. The second-order valence-electron chi connectivity index (χ2n) is 9.72. The summed E-state index contributed by atoms with van der Waals surface area (Å²) >= 11 is 0. The summed E-state index contributed by atoms with van der Waals surface area (Å²) in [7, 11) is 3.26. The van der Waals surface area contributed by atoms with Crippen molar-refractivity contribution in [1.29, 1.82) is 0 Å². The number of benzene rings is 3. The van der Waals surface area contributed by atoms with Crippen LogP contribution in [0.3, 0.4) is 0 Å². The first-order chi connectivity index (χ1) is 18.5. The van der Waals surface area contributed by atoms with Gasteiger partial charge in [0.1, 0.15) is 17.2 Å². The zero-order valence-electron chi connectivity index (χ0n) is 22.1. The van der Waals surface area contributed by atoms with E-state index in [1.165, 1.54) is 11.1 Å². The topological polar surface area (TPSA) is 62.6 Å². The minimum Gasteiger partial charge on any atom is -0.497 e. The second-order valence-corrected chi connectivity index (χ2v) is 9.72. The Bertz CT molecular complexity index is 1740. The Morgan fingerprint density at radius 3 is 2.53 bits per heavy atom. The van der Waals surface area contributed by atoms with Gasteiger partial charge < -0.3 is 18.8 Å². The van der Waals surface area contributed by atoms with Crippen LogP contribution in [0.1, 0.15) is 29.2 Å². The molecule has 5 aromatic rings. The van der Waals surface area contributed by atoms with Gasteiger partial charge in [-0.05, 0) is 83.6 Å². The van der Waals surface area contributed by atoms with E-state index in [2.05, 4.69) is 38.1 Å². The lowest BCUT2D eigenvalue weighted by atomic mass is 9.88. The molecule has 6 rings (SSSR count). The van der Waals surface area contributed by atoms with Gasteiger partial charge in [-0.25, -0.2) is 0 Å². The average Bonchev–Trinajstić information content (AvgIpc) is 2.94. The number of aryl methyl sites for hydroxylation is 1. The lowest BCUT2D eigenvalue weighted by Gasteiger charge is -2.22. The largest absolute Gasteiger partial charge is 0.497 e. The van der Waals surface area contributed by atoms with Gasteiger partial charge in [0, 0.05) is 41.1 Å². The van der Waals surface area contributed by atoms with Gasteiger partial charge in [-0.15, -0.1) is 0 Å². The van der Waals surface area contributed by atoms with Crippen LogP contribution in [-0.4, -0.2) is 30.4 Å². The van der Waals surface area contributed by atoms with Crippen molar-refractivity contribution < 1.29 is 14.2 Å². The summed E-state index contributed by atoms with van der Waals surface area (Å²) < 4.78 is 18.8. The maximum absolute atomic E-state index is 13.3. The highest BCUT2D eigenvalue weighted by atomic mass is 16.5. The molecule has 2 aromatic heterocycles. The molecule has 0 saturated carbocycles. The Balaban J connectivity index is 1.63. The number of fused-ring (bicyclic) bond motifs is 1. The third-order valence-electron chi connectivity index (χ3n) is 7.57. The van der Waals surface area contributed by atoms with Crippen molar-refractivity contribution >= 4 is 21.8 Å². The molecule has 6 nitrogen and oxygen atoms in total. The van der Waals surface area contributed by atoms with Crippen molar-refractivity contribution in [3.05, 3.63) is 93.4 Å². The fraction of sp³-hybridized carbons (Fsp3) is 0.250. The van der Waals surface area contributed by atoms with Gasteiger partial charge in [0.15, 0.2) is 0 Å². The van der Waals surface area contributed by atoms with Gasteiger partial charge >= 0.3 is 0 Å². The SMILES string of the molecule is CCc1c(C)cc2c(ccc(=O)n2Cc2cc(OC)cc(OC)c2)c1-c1ccc2c3c(ccnc13)CCO2. The predicted molar refractivity (Wildman–Crippen MR) is 151 cm³/mol. The van der Waals surface area contributed by atoms with Gasteiger partial charge in [-0.2, -0.15) is 0 Å². The molecule has 0 spiro atoms. The Labute approximate surface area is 221 Å². The van der Waals surface area contributed by atoms with E-state index < -0.39 is 0 Å². The second kappa shape index (κ2) is 9.53. The van der Waals surface area contributed by atoms with E-state index in [0.29, 0.717) is 24.7 Å². The number of hydrogen-bond acceptors (Lipinski definition) is 5. The van der Waals surface area contributed by atoms with Crippen molar-refractivity contribution in [3.63, 3.8) is 0 Å². The summed E-state index contributed by atoms with van der Waals surface area (Å²) in [5.74, 6) is 2.27. The van der Waals surface area contributed by atoms with E-state index in [9.17, 15) is 4.79 Å². The first-order valence-corrected chi connectivity index (χ1v) is 12.9. The lowest BCUT2D eigenvalue weighted by molar-refractivity contribution is 0.318. The van der Waals surface area contributed by atoms with Crippen LogP contribution in [0.25, 0.3) is 32.9 Å². The number of methoxy groups -OCH3 is 2. The van der Waals surface area contributed by atoms with Crippen molar-refractivity contribution in [1.82, 2.24) is 9.55 Å². The molecule has 1 aliphatic rings. The Morgan fingerprint density at radius 2 is 1.79 bits per heavy atom. The molecule has 0 saturated heterocycles. The Hall–Kier alpha value is -4.32.